The van der Waals surface area contributed by atoms with Gasteiger partial charge < -0.3 is 4.48 Å². The van der Waals surface area contributed by atoms with Crippen LogP contribution in [0.2, 0.25) is 0 Å². The van der Waals surface area contributed by atoms with E-state index in [2.05, 4.69) is 107 Å². The van der Waals surface area contributed by atoms with E-state index in [1.165, 1.54) is 13.1 Å². The minimum absolute atomic E-state index is 0.215. The summed E-state index contributed by atoms with van der Waals surface area (Å²) in [5, 5.41) is 0. The fraction of sp³-hybridized carbons (Fsp3) is 1.00. The van der Waals surface area contributed by atoms with E-state index >= 15 is 0 Å². The van der Waals surface area contributed by atoms with Crippen LogP contribution in [0.1, 0.15) is 90.0 Å². The molecule has 0 aromatic rings. The van der Waals surface area contributed by atoms with Crippen molar-refractivity contribution in [2.24, 2.45) is 0 Å². The highest BCUT2D eigenvalue weighted by molar-refractivity contribution is 4.81. The van der Waals surface area contributed by atoms with Crippen molar-refractivity contribution >= 4 is 0 Å². The van der Waals surface area contributed by atoms with Gasteiger partial charge in [-0.15, -0.1) is 0 Å². The summed E-state index contributed by atoms with van der Waals surface area (Å²) in [4.78, 5) is 5.30. The molecule has 0 radical (unpaired) electrons. The second kappa shape index (κ2) is 8.92. The van der Waals surface area contributed by atoms with Crippen LogP contribution in [0.15, 0.2) is 0 Å². The van der Waals surface area contributed by atoms with E-state index in [0.29, 0.717) is 12.1 Å². The molecule has 0 aromatic carbocycles. The summed E-state index contributed by atoms with van der Waals surface area (Å²) in [6, 6.07) is 1.15. The maximum Gasteiger partial charge on any atom is 0.0918 e. The molecule has 158 valence electrons. The quantitative estimate of drug-likeness (QED) is 0.538. The SMILES string of the molecule is CC(C)N(CC[N+](C)(CCN(C(C)C)C(C)(C)C)C(C)(C)C)C(C)(C)C. The number of nitrogens with zero attached hydrogens (tertiary/aromatic N) is 3. The Morgan fingerprint density at radius 2 is 0.885 bits per heavy atom. The van der Waals surface area contributed by atoms with Gasteiger partial charge in [0, 0.05) is 36.3 Å². The summed E-state index contributed by atoms with van der Waals surface area (Å²) in [5.41, 5.74) is 0.666. The van der Waals surface area contributed by atoms with Gasteiger partial charge in [-0.2, -0.15) is 0 Å². The molecule has 0 unspecified atom stereocenters. The molecule has 0 atom stereocenters. The van der Waals surface area contributed by atoms with E-state index in [0.717, 1.165) is 17.6 Å². The summed E-state index contributed by atoms with van der Waals surface area (Å²) in [5.74, 6) is 0. The summed E-state index contributed by atoms with van der Waals surface area (Å²) in [7, 11) is 2.46. The third kappa shape index (κ3) is 7.48. The first-order valence-corrected chi connectivity index (χ1v) is 10.7. The monoisotopic (exact) mass is 370 g/mol. The van der Waals surface area contributed by atoms with Crippen molar-refractivity contribution in [3.8, 4) is 0 Å². The third-order valence-corrected chi connectivity index (χ3v) is 6.26. The van der Waals surface area contributed by atoms with Crippen molar-refractivity contribution < 1.29 is 4.48 Å². The molecule has 0 amide bonds. The highest BCUT2D eigenvalue weighted by Crippen LogP contribution is 2.26. The van der Waals surface area contributed by atoms with E-state index in [1.54, 1.807) is 0 Å². The molecule has 0 aliphatic rings. The lowest BCUT2D eigenvalue weighted by Crippen LogP contribution is -2.64. The van der Waals surface area contributed by atoms with Gasteiger partial charge in [-0.3, -0.25) is 9.80 Å². The van der Waals surface area contributed by atoms with E-state index in [9.17, 15) is 0 Å². The molecule has 0 bridgehead atoms. The largest absolute Gasteiger partial charge is 0.320 e. The molecule has 0 aliphatic carbocycles. The van der Waals surface area contributed by atoms with E-state index in [4.69, 9.17) is 0 Å². The zero-order valence-corrected chi connectivity index (χ0v) is 20.8. The van der Waals surface area contributed by atoms with Gasteiger partial charge in [0.15, 0.2) is 0 Å². The summed E-state index contributed by atoms with van der Waals surface area (Å²) in [6.07, 6.45) is 0. The van der Waals surface area contributed by atoms with Crippen LogP contribution in [0, 0.1) is 0 Å². The van der Waals surface area contributed by atoms with Crippen LogP contribution in [0.4, 0.5) is 0 Å². The predicted molar refractivity (Wildman–Crippen MR) is 119 cm³/mol. The second-order valence-electron chi connectivity index (χ2n) is 11.9. The lowest BCUT2D eigenvalue weighted by atomic mass is 9.99. The van der Waals surface area contributed by atoms with Gasteiger partial charge in [-0.25, -0.2) is 0 Å². The van der Waals surface area contributed by atoms with Crippen molar-refractivity contribution in [2.45, 2.75) is 119 Å². The Balaban J connectivity index is 5.35. The van der Waals surface area contributed by atoms with Crippen molar-refractivity contribution in [1.82, 2.24) is 9.80 Å². The van der Waals surface area contributed by atoms with Crippen LogP contribution in [0.25, 0.3) is 0 Å². The molecule has 0 aromatic heterocycles. The molecular formula is C23H52N3+. The van der Waals surface area contributed by atoms with Crippen LogP contribution in [-0.4, -0.2) is 76.2 Å². The Labute approximate surface area is 166 Å². The average molecular weight is 371 g/mol. The van der Waals surface area contributed by atoms with Gasteiger partial charge in [-0.1, -0.05) is 0 Å². The molecule has 0 N–H and O–H groups in total. The highest BCUT2D eigenvalue weighted by atomic mass is 15.4. The minimum Gasteiger partial charge on any atom is -0.320 e. The summed E-state index contributed by atoms with van der Waals surface area (Å²) in [6.45, 7) is 35.2. The highest BCUT2D eigenvalue weighted by Gasteiger charge is 2.38. The minimum atomic E-state index is 0.215. The fourth-order valence-electron chi connectivity index (χ4n) is 4.18. The van der Waals surface area contributed by atoms with Crippen LogP contribution < -0.4 is 0 Å². The summed E-state index contributed by atoms with van der Waals surface area (Å²) < 4.78 is 1.10. The Kier molecular flexibility index (Phi) is 8.88. The lowest BCUT2D eigenvalue weighted by molar-refractivity contribution is -0.952. The van der Waals surface area contributed by atoms with Gasteiger partial charge in [0.2, 0.25) is 0 Å². The molecule has 0 aliphatic heterocycles. The van der Waals surface area contributed by atoms with Crippen molar-refractivity contribution in [3.05, 3.63) is 0 Å². The molecule has 0 saturated heterocycles. The molecular weight excluding hydrogens is 318 g/mol. The smallest absolute Gasteiger partial charge is 0.0918 e. The Morgan fingerprint density at radius 1 is 0.615 bits per heavy atom. The van der Waals surface area contributed by atoms with Crippen LogP contribution in [0.3, 0.4) is 0 Å². The second-order valence-corrected chi connectivity index (χ2v) is 11.9. The normalized spacial score (nSPS) is 15.0. The maximum atomic E-state index is 2.65. The topological polar surface area (TPSA) is 6.48 Å². The first-order valence-electron chi connectivity index (χ1n) is 10.7. The standard InChI is InChI=1S/C23H52N3/c1-19(2)24(21(5,6)7)15-17-26(14,23(11,12)13)18-16-25(20(3)4)22(8,9)10/h19-20H,15-18H2,1-14H3/q+1. The van der Waals surface area contributed by atoms with Crippen molar-refractivity contribution in [1.29, 1.82) is 0 Å². The zero-order chi connectivity index (χ0) is 21.1. The Hall–Kier alpha value is -0.120. The van der Waals surface area contributed by atoms with Gasteiger partial charge >= 0.3 is 0 Å². The molecule has 0 fully saturated rings. The third-order valence-electron chi connectivity index (χ3n) is 6.26. The van der Waals surface area contributed by atoms with E-state index < -0.39 is 0 Å². The van der Waals surface area contributed by atoms with E-state index in [-0.39, 0.29) is 16.6 Å². The van der Waals surface area contributed by atoms with Gasteiger partial charge in [0.05, 0.1) is 25.7 Å². The van der Waals surface area contributed by atoms with Gasteiger partial charge in [-0.05, 0) is 90.0 Å². The van der Waals surface area contributed by atoms with Crippen LogP contribution in [-0.2, 0) is 0 Å². The first-order chi connectivity index (χ1) is 11.3. The number of hydrogen-bond acceptors (Lipinski definition) is 2. The Morgan fingerprint density at radius 3 is 1.04 bits per heavy atom. The molecule has 0 heterocycles. The number of hydrogen-bond donors (Lipinski definition) is 0. The maximum absolute atomic E-state index is 2.65. The van der Waals surface area contributed by atoms with Gasteiger partial charge in [0.1, 0.15) is 0 Å². The first kappa shape index (κ1) is 25.9. The predicted octanol–water partition coefficient (Wildman–Crippen LogP) is 5.25. The van der Waals surface area contributed by atoms with Crippen LogP contribution >= 0.6 is 0 Å². The van der Waals surface area contributed by atoms with Crippen molar-refractivity contribution in [3.63, 3.8) is 0 Å². The lowest BCUT2D eigenvalue weighted by Gasteiger charge is -2.50. The van der Waals surface area contributed by atoms with Crippen LogP contribution in [0.5, 0.6) is 0 Å². The zero-order valence-electron chi connectivity index (χ0n) is 20.8. The molecule has 0 spiro atoms. The number of rotatable bonds is 8. The molecule has 3 heteroatoms. The Bertz CT molecular complexity index is 375. The number of likely N-dealkylation sites (N-methyl/N-ethyl adjacent to an activating group) is 1. The van der Waals surface area contributed by atoms with Crippen molar-refractivity contribution in [2.75, 3.05) is 33.2 Å². The van der Waals surface area contributed by atoms with Gasteiger partial charge in [0.25, 0.3) is 0 Å². The summed E-state index contributed by atoms with van der Waals surface area (Å²) >= 11 is 0. The number of quaternary nitrogens is 1. The van der Waals surface area contributed by atoms with E-state index in [1.807, 2.05) is 0 Å². The fourth-order valence-corrected chi connectivity index (χ4v) is 4.18. The molecule has 0 rings (SSSR count). The average Bonchev–Trinajstić information content (AvgIpc) is 2.33. The molecule has 0 saturated carbocycles. The molecule has 3 nitrogen and oxygen atoms in total. The molecule has 26 heavy (non-hydrogen) atoms.